The highest BCUT2D eigenvalue weighted by atomic mass is 16.5. The summed E-state index contributed by atoms with van der Waals surface area (Å²) in [5.74, 6) is 5.09. The zero-order valence-corrected chi connectivity index (χ0v) is 19.4. The van der Waals surface area contributed by atoms with Gasteiger partial charge in [0.25, 0.3) is 5.91 Å². The van der Waals surface area contributed by atoms with Gasteiger partial charge in [-0.15, -0.1) is 0 Å². The molecule has 3 rings (SSSR count). The fraction of sp³-hybridized carbons (Fsp3) is 0.333. The molecule has 34 heavy (non-hydrogen) atoms. The maximum absolute atomic E-state index is 12.4. The Kier molecular flexibility index (Phi) is 9.56. The van der Waals surface area contributed by atoms with Crippen LogP contribution in [0.2, 0.25) is 0 Å². The Morgan fingerprint density at radius 3 is 2.44 bits per heavy atom. The Balaban J connectivity index is 1.53. The largest absolute Gasteiger partial charge is 0.388 e. The van der Waals surface area contributed by atoms with E-state index in [-0.39, 0.29) is 0 Å². The Morgan fingerprint density at radius 2 is 1.82 bits per heavy atom. The highest BCUT2D eigenvalue weighted by Gasteiger charge is 2.24. The average Bonchev–Trinajstić information content (AvgIpc) is 2.86. The lowest BCUT2D eigenvalue weighted by Gasteiger charge is -2.26. The molecular weight excluding hydrogens is 430 g/mol. The molecule has 2 aromatic rings. The molecule has 0 bridgehead atoms. The van der Waals surface area contributed by atoms with Gasteiger partial charge in [-0.1, -0.05) is 36.1 Å². The Labute approximate surface area is 200 Å². The fourth-order valence-corrected chi connectivity index (χ4v) is 3.55. The zero-order valence-electron chi connectivity index (χ0n) is 19.4. The van der Waals surface area contributed by atoms with Crippen molar-refractivity contribution >= 4 is 17.8 Å². The second-order valence-corrected chi connectivity index (χ2v) is 8.24. The number of morpholine rings is 1. The van der Waals surface area contributed by atoms with Crippen LogP contribution in [0.4, 0.5) is 0 Å². The summed E-state index contributed by atoms with van der Waals surface area (Å²) in [5.41, 5.74) is 9.24. The Morgan fingerprint density at radius 1 is 1.15 bits per heavy atom. The second kappa shape index (κ2) is 12.8. The maximum Gasteiger partial charge on any atom is 0.251 e. The normalized spacial score (nSPS) is 15.9. The number of hydrogen-bond acceptors (Lipinski definition) is 6. The molecule has 0 aliphatic carbocycles. The number of amides is 1. The van der Waals surface area contributed by atoms with Gasteiger partial charge in [-0.25, -0.2) is 0 Å². The number of rotatable bonds is 8. The van der Waals surface area contributed by atoms with Gasteiger partial charge in [0.05, 0.1) is 13.2 Å². The van der Waals surface area contributed by atoms with E-state index in [0.717, 1.165) is 44.0 Å². The van der Waals surface area contributed by atoms with E-state index in [9.17, 15) is 9.59 Å². The SMILES string of the molecule is C[C@@H](N)[C@H](NC(=O)c1ccc(C#CC=Cc2ccc(CN3CCOCC3)cc2)cc1)C(=O)CO. The lowest BCUT2D eigenvalue weighted by Crippen LogP contribution is -2.52. The minimum absolute atomic E-state index is 0.384. The number of hydrogen-bond donors (Lipinski definition) is 3. The van der Waals surface area contributed by atoms with Crippen LogP contribution in [0, 0.1) is 11.8 Å². The smallest absolute Gasteiger partial charge is 0.251 e. The number of aliphatic hydroxyl groups excluding tert-OH is 1. The number of ether oxygens (including phenoxy) is 1. The molecule has 4 N–H and O–H groups in total. The zero-order chi connectivity index (χ0) is 24.3. The van der Waals surface area contributed by atoms with E-state index < -0.39 is 30.4 Å². The summed E-state index contributed by atoms with van der Waals surface area (Å²) in [6, 6.07) is 13.6. The average molecular weight is 462 g/mol. The first-order valence-electron chi connectivity index (χ1n) is 11.3. The summed E-state index contributed by atoms with van der Waals surface area (Å²) < 4.78 is 5.39. The second-order valence-electron chi connectivity index (χ2n) is 8.24. The number of carbonyl (C=O) groups is 2. The van der Waals surface area contributed by atoms with Gasteiger partial charge in [-0.05, 0) is 54.5 Å². The third-order valence-electron chi connectivity index (χ3n) is 5.53. The molecule has 0 spiro atoms. The van der Waals surface area contributed by atoms with E-state index in [0.29, 0.717) is 5.56 Å². The van der Waals surface area contributed by atoms with Gasteiger partial charge < -0.3 is 20.9 Å². The third-order valence-corrected chi connectivity index (χ3v) is 5.53. The van der Waals surface area contributed by atoms with Crippen molar-refractivity contribution in [1.82, 2.24) is 10.2 Å². The summed E-state index contributed by atoms with van der Waals surface area (Å²) in [4.78, 5) is 26.5. The quantitative estimate of drug-likeness (QED) is 0.516. The standard InChI is InChI=1S/C27H31N3O4/c1-20(28)26(25(32)19-31)29-27(33)24-12-10-22(11-13-24)5-3-2-4-21-6-8-23(9-7-21)18-30-14-16-34-17-15-30/h2,4,6-13,20,26,31H,14-19,28H2,1H3,(H,29,33)/t20-,26+/m1/s1. The minimum Gasteiger partial charge on any atom is -0.388 e. The summed E-state index contributed by atoms with van der Waals surface area (Å²) in [7, 11) is 0. The van der Waals surface area contributed by atoms with E-state index in [2.05, 4.69) is 46.3 Å². The van der Waals surface area contributed by atoms with E-state index in [4.69, 9.17) is 15.6 Å². The van der Waals surface area contributed by atoms with Crippen LogP contribution in [0.15, 0.2) is 54.6 Å². The van der Waals surface area contributed by atoms with Crippen molar-refractivity contribution in [3.05, 3.63) is 76.9 Å². The molecule has 178 valence electrons. The highest BCUT2D eigenvalue weighted by molar-refractivity contribution is 5.98. The summed E-state index contributed by atoms with van der Waals surface area (Å²) >= 11 is 0. The number of Topliss-reactive ketones (excluding diaryl/α,β-unsaturated/α-hetero) is 1. The first kappa shape index (κ1) is 25.3. The summed E-state index contributed by atoms with van der Waals surface area (Å²) in [6.45, 7) is 5.41. The van der Waals surface area contributed by atoms with E-state index in [1.165, 1.54) is 5.56 Å². The van der Waals surface area contributed by atoms with E-state index >= 15 is 0 Å². The molecule has 2 atom stereocenters. The molecule has 1 amide bonds. The molecule has 0 aromatic heterocycles. The van der Waals surface area contributed by atoms with Crippen LogP contribution in [0.25, 0.3) is 6.08 Å². The van der Waals surface area contributed by atoms with Crippen LogP contribution < -0.4 is 11.1 Å². The molecule has 7 nitrogen and oxygen atoms in total. The van der Waals surface area contributed by atoms with Gasteiger partial charge in [-0.2, -0.15) is 0 Å². The van der Waals surface area contributed by atoms with Crippen molar-refractivity contribution in [3.8, 4) is 11.8 Å². The number of aliphatic hydroxyl groups is 1. The number of ketones is 1. The molecule has 0 unspecified atom stereocenters. The lowest BCUT2D eigenvalue weighted by atomic mass is 10.1. The minimum atomic E-state index is -0.935. The molecule has 1 fully saturated rings. The van der Waals surface area contributed by atoms with Crippen molar-refractivity contribution in [1.29, 1.82) is 0 Å². The van der Waals surface area contributed by atoms with Crippen molar-refractivity contribution in [2.45, 2.75) is 25.6 Å². The molecule has 0 saturated carbocycles. The predicted molar refractivity (Wildman–Crippen MR) is 132 cm³/mol. The molecule has 1 aliphatic rings. The number of benzene rings is 2. The molecule has 1 aliphatic heterocycles. The van der Waals surface area contributed by atoms with Gasteiger partial charge in [0.1, 0.15) is 12.6 Å². The molecule has 7 heteroatoms. The van der Waals surface area contributed by atoms with E-state index in [1.807, 2.05) is 6.08 Å². The van der Waals surface area contributed by atoms with Gasteiger partial charge in [-0.3, -0.25) is 14.5 Å². The fourth-order valence-electron chi connectivity index (χ4n) is 3.55. The maximum atomic E-state index is 12.4. The van der Waals surface area contributed by atoms with Crippen molar-refractivity contribution in [3.63, 3.8) is 0 Å². The first-order valence-corrected chi connectivity index (χ1v) is 11.3. The van der Waals surface area contributed by atoms with Crippen molar-refractivity contribution in [2.24, 2.45) is 5.73 Å². The summed E-state index contributed by atoms with van der Waals surface area (Å²) in [5, 5.41) is 11.6. The van der Waals surface area contributed by atoms with Crippen molar-refractivity contribution < 1.29 is 19.4 Å². The van der Waals surface area contributed by atoms with Crippen LogP contribution in [0.3, 0.4) is 0 Å². The Hall–Kier alpha value is -3.28. The highest BCUT2D eigenvalue weighted by Crippen LogP contribution is 2.10. The van der Waals surface area contributed by atoms with E-state index in [1.54, 1.807) is 37.3 Å². The van der Waals surface area contributed by atoms with Gasteiger partial charge in [0, 0.05) is 36.8 Å². The predicted octanol–water partition coefficient (Wildman–Crippen LogP) is 1.59. The molecule has 1 saturated heterocycles. The number of nitrogens with two attached hydrogens (primary N) is 1. The van der Waals surface area contributed by atoms with Gasteiger partial charge in [0.2, 0.25) is 0 Å². The molecule has 2 aromatic carbocycles. The third kappa shape index (κ3) is 7.65. The Bertz CT molecular complexity index is 1040. The topological polar surface area (TPSA) is 105 Å². The molecule has 0 radical (unpaired) electrons. The first-order chi connectivity index (χ1) is 16.5. The van der Waals surface area contributed by atoms with Crippen LogP contribution in [0.5, 0.6) is 0 Å². The number of carbonyl (C=O) groups excluding carboxylic acids is 2. The van der Waals surface area contributed by atoms with Gasteiger partial charge >= 0.3 is 0 Å². The van der Waals surface area contributed by atoms with Crippen molar-refractivity contribution in [2.75, 3.05) is 32.9 Å². The molecule has 1 heterocycles. The monoisotopic (exact) mass is 461 g/mol. The van der Waals surface area contributed by atoms with Crippen LogP contribution in [0.1, 0.15) is 34.0 Å². The number of nitrogens with one attached hydrogen (secondary N) is 1. The van der Waals surface area contributed by atoms with Crippen LogP contribution in [-0.2, 0) is 16.1 Å². The lowest BCUT2D eigenvalue weighted by molar-refractivity contribution is -0.123. The number of allylic oxidation sites excluding steroid dienone is 1. The van der Waals surface area contributed by atoms with Crippen LogP contribution in [-0.4, -0.2) is 66.7 Å². The number of nitrogens with zero attached hydrogens (tertiary/aromatic N) is 1. The van der Waals surface area contributed by atoms with Crippen LogP contribution >= 0.6 is 0 Å². The summed E-state index contributed by atoms with van der Waals surface area (Å²) in [6.07, 6.45) is 3.75. The van der Waals surface area contributed by atoms with Gasteiger partial charge in [0.15, 0.2) is 5.78 Å². The molecular formula is C27H31N3O4.